The Bertz CT molecular complexity index is 658. The number of carbonyl (C=O) groups is 1. The average molecular weight is 342 g/mol. The van der Waals surface area contributed by atoms with E-state index in [2.05, 4.69) is 0 Å². The largest absolute Gasteiger partial charge is 0.369 e. The number of ether oxygens (including phenoxy) is 3. The maximum absolute atomic E-state index is 12.0. The summed E-state index contributed by atoms with van der Waals surface area (Å²) >= 11 is 0. The van der Waals surface area contributed by atoms with E-state index in [0.29, 0.717) is 13.2 Å². The van der Waals surface area contributed by atoms with Crippen LogP contribution in [0.1, 0.15) is 17.5 Å². The molecule has 5 nitrogen and oxygen atoms in total. The van der Waals surface area contributed by atoms with Gasteiger partial charge in [0.1, 0.15) is 12.7 Å². The van der Waals surface area contributed by atoms with Crippen molar-refractivity contribution in [3.63, 3.8) is 0 Å². The zero-order valence-corrected chi connectivity index (χ0v) is 13.9. The summed E-state index contributed by atoms with van der Waals surface area (Å²) in [5.74, 6) is -0.0684. The summed E-state index contributed by atoms with van der Waals surface area (Å²) in [7, 11) is 0. The van der Waals surface area contributed by atoms with Crippen LogP contribution in [-0.2, 0) is 32.2 Å². The Labute approximate surface area is 147 Å². The van der Waals surface area contributed by atoms with Gasteiger partial charge in [-0.25, -0.2) is 0 Å². The summed E-state index contributed by atoms with van der Waals surface area (Å²) in [6, 6.07) is 19.4. The molecule has 2 aromatic carbocycles. The molecule has 3 atom stereocenters. The number of rotatable bonds is 9. The van der Waals surface area contributed by atoms with Crippen molar-refractivity contribution in [2.45, 2.75) is 38.1 Å². The molecule has 1 heterocycles. The van der Waals surface area contributed by atoms with Crippen LogP contribution in [0.3, 0.4) is 0 Å². The summed E-state index contributed by atoms with van der Waals surface area (Å²) in [6.45, 7) is 0.798. The molecule has 0 saturated carbocycles. The van der Waals surface area contributed by atoms with Gasteiger partial charge in [0.25, 0.3) is 0 Å². The van der Waals surface area contributed by atoms with E-state index in [-0.39, 0.29) is 18.8 Å². The summed E-state index contributed by atoms with van der Waals surface area (Å²) in [5, 5.41) is 9.70. The van der Waals surface area contributed by atoms with Crippen LogP contribution in [-0.4, -0.2) is 36.0 Å². The highest BCUT2D eigenvalue weighted by atomic mass is 16.7. The average Bonchev–Trinajstić information content (AvgIpc) is 2.63. The second-order valence-corrected chi connectivity index (χ2v) is 6.05. The lowest BCUT2D eigenvalue weighted by Gasteiger charge is -2.40. The third kappa shape index (κ3) is 5.21. The van der Waals surface area contributed by atoms with Crippen LogP contribution in [0.5, 0.6) is 0 Å². The minimum Gasteiger partial charge on any atom is -0.369 e. The van der Waals surface area contributed by atoms with Crippen LogP contribution in [0.25, 0.3) is 0 Å². The molecule has 1 fully saturated rings. The number of benzene rings is 2. The van der Waals surface area contributed by atoms with E-state index < -0.39 is 18.5 Å². The van der Waals surface area contributed by atoms with Gasteiger partial charge in [0.15, 0.2) is 12.1 Å². The number of carbonyl (C=O) groups excluding carboxylic acids is 1. The minimum absolute atomic E-state index is 0.0241. The zero-order chi connectivity index (χ0) is 17.5. The van der Waals surface area contributed by atoms with Crippen LogP contribution in [0.4, 0.5) is 0 Å². The van der Waals surface area contributed by atoms with Crippen molar-refractivity contribution >= 4 is 5.78 Å². The van der Waals surface area contributed by atoms with Gasteiger partial charge in [-0.3, -0.25) is 4.79 Å². The SMILES string of the molecule is O=C(COCc1ccccc1)C[C@@H]1O[C@@H](O)[C@@H]1OCc1ccccc1. The number of hydrogen-bond acceptors (Lipinski definition) is 5. The van der Waals surface area contributed by atoms with Gasteiger partial charge >= 0.3 is 0 Å². The number of Topliss-reactive ketones (excluding diaryl/α,β-unsaturated/α-hetero) is 1. The van der Waals surface area contributed by atoms with Crippen molar-refractivity contribution in [2.24, 2.45) is 0 Å². The summed E-state index contributed by atoms with van der Waals surface area (Å²) < 4.78 is 16.4. The zero-order valence-electron chi connectivity index (χ0n) is 13.9. The van der Waals surface area contributed by atoms with Gasteiger partial charge in [0, 0.05) is 6.42 Å². The van der Waals surface area contributed by atoms with E-state index in [1.807, 2.05) is 60.7 Å². The molecule has 0 amide bonds. The Kier molecular flexibility index (Phi) is 6.30. The molecule has 2 aromatic rings. The highest BCUT2D eigenvalue weighted by Crippen LogP contribution is 2.26. The molecular weight excluding hydrogens is 320 g/mol. The van der Waals surface area contributed by atoms with Crippen molar-refractivity contribution in [2.75, 3.05) is 6.61 Å². The normalized spacial score (nSPS) is 22.4. The van der Waals surface area contributed by atoms with E-state index in [9.17, 15) is 9.90 Å². The molecule has 3 rings (SSSR count). The fourth-order valence-electron chi connectivity index (χ4n) is 2.69. The Morgan fingerprint density at radius 3 is 2.16 bits per heavy atom. The van der Waals surface area contributed by atoms with Gasteiger partial charge < -0.3 is 19.3 Å². The van der Waals surface area contributed by atoms with Crippen LogP contribution in [0.2, 0.25) is 0 Å². The third-order valence-corrected chi connectivity index (χ3v) is 4.05. The van der Waals surface area contributed by atoms with Gasteiger partial charge in [-0.15, -0.1) is 0 Å². The van der Waals surface area contributed by atoms with E-state index in [4.69, 9.17) is 14.2 Å². The van der Waals surface area contributed by atoms with E-state index in [1.54, 1.807) is 0 Å². The molecule has 0 aliphatic carbocycles. The molecule has 1 N–H and O–H groups in total. The first-order valence-electron chi connectivity index (χ1n) is 8.35. The molecule has 0 aromatic heterocycles. The van der Waals surface area contributed by atoms with E-state index >= 15 is 0 Å². The second kappa shape index (κ2) is 8.87. The first-order chi connectivity index (χ1) is 12.2. The van der Waals surface area contributed by atoms with Crippen LogP contribution in [0, 0.1) is 0 Å². The minimum atomic E-state index is -0.980. The Balaban J connectivity index is 1.38. The number of aliphatic hydroxyl groups is 1. The van der Waals surface area contributed by atoms with Gasteiger partial charge in [-0.1, -0.05) is 60.7 Å². The second-order valence-electron chi connectivity index (χ2n) is 6.05. The lowest BCUT2D eigenvalue weighted by Crippen LogP contribution is -2.55. The third-order valence-electron chi connectivity index (χ3n) is 4.05. The molecular formula is C20H22O5. The molecule has 5 heteroatoms. The Morgan fingerprint density at radius 2 is 1.56 bits per heavy atom. The van der Waals surface area contributed by atoms with E-state index in [0.717, 1.165) is 11.1 Å². The predicted octanol–water partition coefficient (Wildman–Crippen LogP) is 2.47. The topological polar surface area (TPSA) is 65.0 Å². The van der Waals surface area contributed by atoms with Crippen molar-refractivity contribution in [1.82, 2.24) is 0 Å². The van der Waals surface area contributed by atoms with Gasteiger partial charge in [0.2, 0.25) is 0 Å². The first kappa shape index (κ1) is 17.8. The summed E-state index contributed by atoms with van der Waals surface area (Å²) in [4.78, 5) is 12.0. The van der Waals surface area contributed by atoms with Gasteiger partial charge in [-0.05, 0) is 11.1 Å². The smallest absolute Gasteiger partial charge is 0.184 e. The highest BCUT2D eigenvalue weighted by molar-refractivity contribution is 5.80. The van der Waals surface area contributed by atoms with Crippen molar-refractivity contribution in [3.05, 3.63) is 71.8 Å². The molecule has 1 saturated heterocycles. The highest BCUT2D eigenvalue weighted by Gasteiger charge is 2.43. The molecule has 0 radical (unpaired) electrons. The molecule has 0 bridgehead atoms. The van der Waals surface area contributed by atoms with Gasteiger partial charge in [0.05, 0.1) is 19.3 Å². The van der Waals surface area contributed by atoms with E-state index in [1.165, 1.54) is 0 Å². The maximum atomic E-state index is 12.0. The van der Waals surface area contributed by atoms with Crippen molar-refractivity contribution in [3.8, 4) is 0 Å². The number of ketones is 1. The Hall–Kier alpha value is -2.05. The quantitative estimate of drug-likeness (QED) is 0.758. The molecule has 1 aliphatic rings. The van der Waals surface area contributed by atoms with Crippen LogP contribution < -0.4 is 0 Å². The predicted molar refractivity (Wildman–Crippen MR) is 91.6 cm³/mol. The lowest BCUT2D eigenvalue weighted by atomic mass is 10.0. The van der Waals surface area contributed by atoms with Crippen LogP contribution in [0.15, 0.2) is 60.7 Å². The van der Waals surface area contributed by atoms with Crippen LogP contribution >= 0.6 is 0 Å². The number of hydrogen-bond donors (Lipinski definition) is 1. The lowest BCUT2D eigenvalue weighted by molar-refractivity contribution is -0.320. The molecule has 0 unspecified atom stereocenters. The van der Waals surface area contributed by atoms with Crippen molar-refractivity contribution in [1.29, 1.82) is 0 Å². The summed E-state index contributed by atoms with van der Waals surface area (Å²) in [6.07, 6.45) is -1.72. The molecule has 1 aliphatic heterocycles. The maximum Gasteiger partial charge on any atom is 0.184 e. The molecule has 25 heavy (non-hydrogen) atoms. The fourth-order valence-corrected chi connectivity index (χ4v) is 2.69. The standard InChI is InChI=1S/C20H22O5/c21-17(14-23-12-15-7-3-1-4-8-15)11-18-19(20(22)25-18)24-13-16-9-5-2-6-10-16/h1-10,18-20,22H,11-14H2/t18-,19+,20+/m0/s1. The molecule has 0 spiro atoms. The monoisotopic (exact) mass is 342 g/mol. The summed E-state index contributed by atoms with van der Waals surface area (Å²) in [5.41, 5.74) is 2.03. The molecule has 132 valence electrons. The van der Waals surface area contributed by atoms with Gasteiger partial charge in [-0.2, -0.15) is 0 Å². The van der Waals surface area contributed by atoms with Crippen molar-refractivity contribution < 1.29 is 24.1 Å². The first-order valence-corrected chi connectivity index (χ1v) is 8.35. The fraction of sp³-hybridized carbons (Fsp3) is 0.350. The Morgan fingerprint density at radius 1 is 0.960 bits per heavy atom. The number of aliphatic hydroxyl groups excluding tert-OH is 1.